The molecule has 0 N–H and O–H groups in total. The van der Waals surface area contributed by atoms with Gasteiger partial charge in [-0.15, -0.1) is 0 Å². The molecule has 0 saturated carbocycles. The first kappa shape index (κ1) is 85.6. The smallest absolute Gasteiger partial charge is 0.240 e. The molecule has 30 rings (SSSR count). The van der Waals surface area contributed by atoms with Crippen LogP contribution >= 0.6 is 0 Å². The molecule has 0 amide bonds. The van der Waals surface area contributed by atoms with E-state index < -0.39 is 0 Å². The van der Waals surface area contributed by atoms with Crippen molar-refractivity contribution in [3.63, 3.8) is 0 Å². The average Bonchev–Trinajstić information content (AvgIpc) is 1.55. The third-order valence-corrected chi connectivity index (χ3v) is 28.4. The van der Waals surface area contributed by atoms with Crippen LogP contribution in [0.3, 0.4) is 0 Å². The number of rotatable bonds is 14. The molecule has 18 aromatic carbocycles. The highest BCUT2D eigenvalue weighted by Gasteiger charge is 2.27. The van der Waals surface area contributed by atoms with Gasteiger partial charge in [0.15, 0.2) is 17.5 Å². The maximum absolute atomic E-state index is 5.27. The van der Waals surface area contributed by atoms with Gasteiger partial charge in [0.05, 0.1) is 66.6 Å². The van der Waals surface area contributed by atoms with E-state index in [-0.39, 0.29) is 0 Å². The molecule has 0 aliphatic rings. The van der Waals surface area contributed by atoms with Crippen molar-refractivity contribution in [1.29, 1.82) is 0 Å². The number of aromatic nitrogens is 16. The lowest BCUT2D eigenvalue weighted by atomic mass is 10.0. The van der Waals surface area contributed by atoms with Crippen LogP contribution in [0, 0.1) is 0 Å². The summed E-state index contributed by atoms with van der Waals surface area (Å²) in [6, 6.07) is 172. The second-order valence-electron chi connectivity index (χ2n) is 37.0. The van der Waals surface area contributed by atoms with Crippen molar-refractivity contribution in [2.24, 2.45) is 0 Å². The Labute approximate surface area is 848 Å². The molecule has 0 radical (unpaired) electrons. The minimum Gasteiger partial charge on any atom is -0.309 e. The van der Waals surface area contributed by atoms with Crippen LogP contribution in [-0.2, 0) is 0 Å². The largest absolute Gasteiger partial charge is 0.309 e. The van der Waals surface area contributed by atoms with Gasteiger partial charge in [0.25, 0.3) is 0 Å². The van der Waals surface area contributed by atoms with E-state index in [1.165, 1.54) is 59.8 Å². The first-order valence-corrected chi connectivity index (χ1v) is 49.6. The fraction of sp³-hybridized carbons (Fsp3) is 0. The summed E-state index contributed by atoms with van der Waals surface area (Å²) in [6.07, 6.45) is 5.55. The lowest BCUT2D eigenvalue weighted by molar-refractivity contribution is 0.944. The van der Waals surface area contributed by atoms with E-state index in [1.807, 2.05) is 152 Å². The fourth-order valence-corrected chi connectivity index (χ4v) is 21.6. The van der Waals surface area contributed by atoms with E-state index in [0.717, 1.165) is 178 Å². The summed E-state index contributed by atoms with van der Waals surface area (Å²) < 4.78 is 13.4. The van der Waals surface area contributed by atoms with Crippen LogP contribution < -0.4 is 0 Å². The van der Waals surface area contributed by atoms with E-state index >= 15 is 0 Å². The van der Waals surface area contributed by atoms with Crippen LogP contribution in [-0.4, -0.2) is 77.2 Å². The van der Waals surface area contributed by atoms with Crippen LogP contribution in [0.15, 0.2) is 510 Å². The summed E-state index contributed by atoms with van der Waals surface area (Å²) >= 11 is 0. The summed E-state index contributed by atoms with van der Waals surface area (Å²) in [5.41, 5.74) is 30.5. The Kier molecular flexibility index (Phi) is 20.8. The van der Waals surface area contributed by atoms with E-state index in [0.29, 0.717) is 29.4 Å². The predicted molar refractivity (Wildman–Crippen MR) is 604 cm³/mol. The summed E-state index contributed by atoms with van der Waals surface area (Å²) in [7, 11) is 0. The predicted octanol–water partition coefficient (Wildman–Crippen LogP) is 32.1. The number of fused-ring (bicyclic) bond motifs is 19. The third kappa shape index (κ3) is 14.8. The van der Waals surface area contributed by atoms with Crippen molar-refractivity contribution in [1.82, 2.24) is 77.2 Å². The molecule has 0 bridgehead atoms. The van der Waals surface area contributed by atoms with Gasteiger partial charge < -0.3 is 9.13 Å². The first-order chi connectivity index (χ1) is 73.4. The number of para-hydroxylation sites is 7. The number of hydrogen-bond acceptors (Lipinski definition) is 10. The second-order valence-corrected chi connectivity index (χ2v) is 37.0. The quantitative estimate of drug-likeness (QED) is 0.103. The van der Waals surface area contributed by atoms with E-state index in [4.69, 9.17) is 49.8 Å². The van der Waals surface area contributed by atoms with Crippen molar-refractivity contribution in [2.45, 2.75) is 0 Å². The highest BCUT2D eigenvalue weighted by atomic mass is 15.2. The van der Waals surface area contributed by atoms with Gasteiger partial charge in [0.1, 0.15) is 22.8 Å². The Morgan fingerprint density at radius 3 is 0.899 bits per heavy atom. The summed E-state index contributed by atoms with van der Waals surface area (Å²) in [5.74, 6) is 3.85. The topological polar surface area (TPSA) is 158 Å². The Hall–Kier alpha value is -20.4. The lowest BCUT2D eigenvalue weighted by Gasteiger charge is -2.12. The Balaban J connectivity index is 0.000000107. The zero-order valence-electron chi connectivity index (χ0n) is 79.7. The molecule has 12 heterocycles. The molecular weight excluding hydrogens is 1810 g/mol. The molecule has 0 spiro atoms. The van der Waals surface area contributed by atoms with Crippen molar-refractivity contribution in [2.75, 3.05) is 0 Å². The lowest BCUT2D eigenvalue weighted by Crippen LogP contribution is -2.06. The van der Waals surface area contributed by atoms with Gasteiger partial charge in [-0.3, -0.25) is 18.3 Å². The van der Waals surface area contributed by atoms with Crippen LogP contribution in [0.2, 0.25) is 0 Å². The molecule has 0 unspecified atom stereocenters. The van der Waals surface area contributed by atoms with E-state index in [1.54, 1.807) is 0 Å². The van der Waals surface area contributed by atoms with Crippen molar-refractivity contribution in [3.05, 3.63) is 510 Å². The molecular formula is C132H84N16. The van der Waals surface area contributed by atoms with Gasteiger partial charge in [0.2, 0.25) is 11.9 Å². The molecule has 16 nitrogen and oxygen atoms in total. The summed E-state index contributed by atoms with van der Waals surface area (Å²) in [5, 5.41) is 14.9. The Morgan fingerprint density at radius 2 is 0.453 bits per heavy atom. The number of hydrogen-bond donors (Lipinski definition) is 0. The molecule has 12 aromatic heterocycles. The molecule has 0 aliphatic heterocycles. The molecule has 30 aromatic rings. The highest BCUT2D eigenvalue weighted by molar-refractivity contribution is 6.16. The van der Waals surface area contributed by atoms with E-state index in [2.05, 4.69) is 385 Å². The minimum absolute atomic E-state index is 0.526. The van der Waals surface area contributed by atoms with Crippen LogP contribution in [0.5, 0.6) is 0 Å². The molecule has 692 valence electrons. The van der Waals surface area contributed by atoms with Gasteiger partial charge in [-0.05, 0) is 185 Å². The molecule has 16 heteroatoms. The zero-order valence-corrected chi connectivity index (χ0v) is 79.7. The van der Waals surface area contributed by atoms with Gasteiger partial charge in [-0.2, -0.15) is 9.97 Å². The molecule has 148 heavy (non-hydrogen) atoms. The molecule has 0 saturated heterocycles. The van der Waals surface area contributed by atoms with Crippen LogP contribution in [0.1, 0.15) is 0 Å². The maximum atomic E-state index is 5.27. The number of nitrogens with zero attached hydrogens (tertiary/aromatic N) is 16. The average molecular weight is 1890 g/mol. The highest BCUT2D eigenvalue weighted by Crippen LogP contribution is 2.45. The van der Waals surface area contributed by atoms with Gasteiger partial charge >= 0.3 is 0 Å². The summed E-state index contributed by atoms with van der Waals surface area (Å²) in [4.78, 5) is 50.2. The Bertz CT molecular complexity index is 9910. The van der Waals surface area contributed by atoms with Gasteiger partial charge in [0, 0.05) is 140 Å². The SMILES string of the molecule is c1ccc(-c2cc(-n3c4ccc(-c5ccc6c7ccccc7n(-c7ccccc7)c6c5)cc4c4cccnc43)nc(-c3ccccc3)n2)cc1.c1ccc(-c2nc(-c3ccccc3)nc(-n3c4ccc(-c5ccc6c7ccccc7n(-c7ccccc7)c6c5)cc4c4cccnc43)n2)cc1.c1ccc(-c2nc(-n3c4ccccc4c4ccc(-c5ccc6c(c5)c5cccnc5n6-c5ccccc5)cc43)nc3ccccc23)cc1. The van der Waals surface area contributed by atoms with Gasteiger partial charge in [-0.1, -0.05) is 334 Å². The molecule has 0 aliphatic carbocycles. The molecule has 0 fully saturated rings. The first-order valence-electron chi connectivity index (χ1n) is 49.6. The normalized spacial score (nSPS) is 11.6. The number of benzene rings is 18. The zero-order chi connectivity index (χ0) is 97.6. The van der Waals surface area contributed by atoms with Crippen LogP contribution in [0.25, 0.3) is 267 Å². The summed E-state index contributed by atoms with van der Waals surface area (Å²) in [6.45, 7) is 0. The monoisotopic (exact) mass is 1890 g/mol. The van der Waals surface area contributed by atoms with Gasteiger partial charge in [-0.25, -0.2) is 39.9 Å². The second kappa shape index (κ2) is 36.0. The number of pyridine rings is 3. The maximum Gasteiger partial charge on any atom is 0.240 e. The van der Waals surface area contributed by atoms with Crippen LogP contribution in [0.4, 0.5) is 0 Å². The van der Waals surface area contributed by atoms with Crippen molar-refractivity contribution < 1.29 is 0 Å². The molecule has 0 atom stereocenters. The van der Waals surface area contributed by atoms with Crippen molar-refractivity contribution in [3.8, 4) is 125 Å². The minimum atomic E-state index is 0.526. The fourth-order valence-electron chi connectivity index (χ4n) is 21.6. The Morgan fingerprint density at radius 1 is 0.149 bits per heavy atom. The van der Waals surface area contributed by atoms with Crippen molar-refractivity contribution >= 4 is 142 Å². The third-order valence-electron chi connectivity index (χ3n) is 28.4. The standard InChI is InChI=1S/C45H29N5.C44H28N6.C43H27N5/c1-4-13-30(14-5-1)39-29-43(48-44(47-39)31-15-6-2-7-16-31)50-41-25-23-32(27-38(41)37-20-12-26-46-45(37)50)33-22-24-36-35-19-10-11-21-40(35)49(42(36)28-33)34-17-8-3-9-18-34;1-4-13-29(14-5-1)41-46-42(30-15-6-2-7-16-30)48-44(47-41)50-39-25-23-31(27-37(39)36-20-12-26-45-43(36)50)32-22-24-35-34-19-10-11-21-38(34)49(40(35)28-32)33-17-8-3-9-18-33;1-3-12-28(13-4-1)41-35-17-7-9-19-37(35)45-43(46-41)48-38-20-10-8-16-32(38)33-23-21-30(27-40(33)48)29-22-24-39-36(26-29)34-18-11-25-44-42(34)47(39)31-14-5-2-6-15-31/h1-29H;1-28H;1-27H. The van der Waals surface area contributed by atoms with E-state index in [9.17, 15) is 0 Å².